The number of halogens is 1. The zero-order chi connectivity index (χ0) is 14.1. The maximum absolute atomic E-state index is 8.93. The molecule has 0 aliphatic heterocycles. The van der Waals surface area contributed by atoms with Crippen LogP contribution < -0.4 is 5.32 Å². The monoisotopic (exact) mass is 302 g/mol. The number of fused-ring (bicyclic) bond motifs is 1. The zero-order valence-corrected chi connectivity index (χ0v) is 11.8. The SMILES string of the molecule is Cc1cc(C#N)nc(Nc2c(Cl)ccc3nsnc23)n1. The van der Waals surface area contributed by atoms with Crippen molar-refractivity contribution in [3.8, 4) is 6.07 Å². The first-order valence-corrected chi connectivity index (χ1v) is 6.72. The van der Waals surface area contributed by atoms with Gasteiger partial charge < -0.3 is 5.32 Å². The maximum atomic E-state index is 8.93. The second kappa shape index (κ2) is 5.00. The third-order valence-corrected chi connectivity index (χ3v) is 3.44. The molecular weight excluding hydrogens is 296 g/mol. The zero-order valence-electron chi connectivity index (χ0n) is 10.3. The van der Waals surface area contributed by atoms with Gasteiger partial charge in [0.25, 0.3) is 0 Å². The van der Waals surface area contributed by atoms with Crippen LogP contribution in [0, 0.1) is 18.3 Å². The molecule has 0 fully saturated rings. The molecule has 0 saturated carbocycles. The number of rotatable bonds is 2. The van der Waals surface area contributed by atoms with E-state index in [0.717, 1.165) is 17.2 Å². The average molecular weight is 303 g/mol. The Hall–Kier alpha value is -2.30. The fourth-order valence-corrected chi connectivity index (χ4v) is 2.48. The molecule has 0 aliphatic rings. The fourth-order valence-electron chi connectivity index (χ4n) is 1.74. The van der Waals surface area contributed by atoms with Crippen molar-refractivity contribution in [2.24, 2.45) is 0 Å². The summed E-state index contributed by atoms with van der Waals surface area (Å²) in [6, 6.07) is 7.13. The summed E-state index contributed by atoms with van der Waals surface area (Å²) >= 11 is 7.28. The largest absolute Gasteiger partial charge is 0.321 e. The molecule has 0 unspecified atom stereocenters. The first-order chi connectivity index (χ1) is 9.67. The third kappa shape index (κ3) is 2.27. The number of nitrogens with one attached hydrogen (secondary N) is 1. The number of nitriles is 1. The molecule has 0 spiro atoms. The molecule has 3 aromatic rings. The number of benzene rings is 1. The summed E-state index contributed by atoms with van der Waals surface area (Å²) in [5, 5.41) is 12.4. The summed E-state index contributed by atoms with van der Waals surface area (Å²) in [6.07, 6.45) is 0. The summed E-state index contributed by atoms with van der Waals surface area (Å²) in [5.41, 5.74) is 2.98. The highest BCUT2D eigenvalue weighted by Crippen LogP contribution is 2.31. The Morgan fingerprint density at radius 2 is 2.15 bits per heavy atom. The Kier molecular flexibility index (Phi) is 3.18. The molecule has 2 heterocycles. The van der Waals surface area contributed by atoms with E-state index in [0.29, 0.717) is 33.6 Å². The van der Waals surface area contributed by atoms with Gasteiger partial charge in [-0.1, -0.05) is 11.6 Å². The van der Waals surface area contributed by atoms with Crippen LogP contribution in [0.1, 0.15) is 11.4 Å². The van der Waals surface area contributed by atoms with Crippen LogP contribution in [0.4, 0.5) is 11.6 Å². The van der Waals surface area contributed by atoms with Crippen molar-refractivity contribution in [3.05, 3.63) is 34.6 Å². The van der Waals surface area contributed by atoms with Gasteiger partial charge in [0.1, 0.15) is 22.8 Å². The second-order valence-electron chi connectivity index (χ2n) is 4.01. The van der Waals surface area contributed by atoms with Gasteiger partial charge in [-0.15, -0.1) is 0 Å². The van der Waals surface area contributed by atoms with Crippen LogP contribution >= 0.6 is 23.3 Å². The highest BCUT2D eigenvalue weighted by Gasteiger charge is 2.12. The van der Waals surface area contributed by atoms with Crippen LogP contribution in [0.3, 0.4) is 0 Å². The lowest BCUT2D eigenvalue weighted by Crippen LogP contribution is -2.01. The number of hydrogen-bond donors (Lipinski definition) is 1. The lowest BCUT2D eigenvalue weighted by molar-refractivity contribution is 1.09. The molecule has 1 aromatic carbocycles. The van der Waals surface area contributed by atoms with Gasteiger partial charge in [0.2, 0.25) is 5.95 Å². The number of hydrogen-bond acceptors (Lipinski definition) is 7. The van der Waals surface area contributed by atoms with Gasteiger partial charge in [0.15, 0.2) is 0 Å². The normalized spacial score (nSPS) is 10.4. The third-order valence-electron chi connectivity index (χ3n) is 2.58. The standard InChI is InChI=1S/C12H7ClN6S/c1-6-4-7(5-14)16-12(15-6)17-10-8(13)2-3-9-11(10)19-20-18-9/h2-4H,1H3,(H,15,16,17). The number of anilines is 2. The average Bonchev–Trinajstić information content (AvgIpc) is 2.90. The van der Waals surface area contributed by atoms with Gasteiger partial charge in [0, 0.05) is 5.69 Å². The van der Waals surface area contributed by atoms with E-state index in [9.17, 15) is 0 Å². The molecule has 0 radical (unpaired) electrons. The highest BCUT2D eigenvalue weighted by atomic mass is 35.5. The number of nitrogens with zero attached hydrogens (tertiary/aromatic N) is 5. The number of aryl methyl sites for hydroxylation is 1. The lowest BCUT2D eigenvalue weighted by Gasteiger charge is -2.08. The minimum Gasteiger partial charge on any atom is -0.321 e. The predicted molar refractivity (Wildman–Crippen MR) is 77.2 cm³/mol. The van der Waals surface area contributed by atoms with Gasteiger partial charge >= 0.3 is 0 Å². The van der Waals surface area contributed by atoms with Gasteiger partial charge in [-0.3, -0.25) is 0 Å². The van der Waals surface area contributed by atoms with Crippen LogP contribution in [-0.4, -0.2) is 18.7 Å². The van der Waals surface area contributed by atoms with Gasteiger partial charge in [-0.05, 0) is 25.1 Å². The van der Waals surface area contributed by atoms with E-state index in [1.54, 1.807) is 25.1 Å². The molecule has 0 atom stereocenters. The Bertz CT molecular complexity index is 838. The second-order valence-corrected chi connectivity index (χ2v) is 4.94. The Balaban J connectivity index is 2.10. The Morgan fingerprint density at radius 1 is 1.30 bits per heavy atom. The van der Waals surface area contributed by atoms with Gasteiger partial charge in [-0.25, -0.2) is 9.97 Å². The summed E-state index contributed by atoms with van der Waals surface area (Å²) < 4.78 is 8.36. The molecule has 1 N–H and O–H groups in total. The van der Waals surface area contributed by atoms with E-state index < -0.39 is 0 Å². The Labute approximate surface area is 123 Å². The Morgan fingerprint density at radius 3 is 2.95 bits per heavy atom. The summed E-state index contributed by atoms with van der Waals surface area (Å²) in [6.45, 7) is 1.79. The van der Waals surface area contributed by atoms with Crippen molar-refractivity contribution in [1.29, 1.82) is 5.26 Å². The van der Waals surface area contributed by atoms with Crippen LogP contribution in [-0.2, 0) is 0 Å². The van der Waals surface area contributed by atoms with Gasteiger partial charge in [0.05, 0.1) is 22.4 Å². The molecule has 20 heavy (non-hydrogen) atoms. The molecule has 0 amide bonds. The van der Waals surface area contributed by atoms with Crippen LogP contribution in [0.5, 0.6) is 0 Å². The van der Waals surface area contributed by atoms with E-state index in [2.05, 4.69) is 24.0 Å². The molecule has 8 heteroatoms. The van der Waals surface area contributed by atoms with E-state index in [-0.39, 0.29) is 0 Å². The molecule has 0 saturated heterocycles. The molecule has 0 aliphatic carbocycles. The fraction of sp³-hybridized carbons (Fsp3) is 0.0833. The molecule has 0 bridgehead atoms. The van der Waals surface area contributed by atoms with Crippen molar-refractivity contribution in [1.82, 2.24) is 18.7 Å². The molecular formula is C12H7ClN6S. The van der Waals surface area contributed by atoms with Crippen molar-refractivity contribution in [2.75, 3.05) is 5.32 Å². The van der Waals surface area contributed by atoms with E-state index in [4.69, 9.17) is 16.9 Å². The van der Waals surface area contributed by atoms with Crippen LogP contribution in [0.2, 0.25) is 5.02 Å². The smallest absolute Gasteiger partial charge is 0.228 e. The molecule has 3 rings (SSSR count). The molecule has 6 nitrogen and oxygen atoms in total. The van der Waals surface area contributed by atoms with Crippen molar-refractivity contribution >= 4 is 46.0 Å². The predicted octanol–water partition coefficient (Wildman–Crippen LogP) is 3.06. The highest BCUT2D eigenvalue weighted by molar-refractivity contribution is 7.00. The summed E-state index contributed by atoms with van der Waals surface area (Å²) in [4.78, 5) is 8.33. The summed E-state index contributed by atoms with van der Waals surface area (Å²) in [7, 11) is 0. The van der Waals surface area contributed by atoms with Crippen LogP contribution in [0.15, 0.2) is 18.2 Å². The number of aromatic nitrogens is 4. The van der Waals surface area contributed by atoms with Crippen molar-refractivity contribution < 1.29 is 0 Å². The first-order valence-electron chi connectivity index (χ1n) is 5.61. The van der Waals surface area contributed by atoms with Crippen molar-refractivity contribution in [2.45, 2.75) is 6.92 Å². The van der Waals surface area contributed by atoms with E-state index >= 15 is 0 Å². The van der Waals surface area contributed by atoms with E-state index in [1.165, 1.54) is 0 Å². The lowest BCUT2D eigenvalue weighted by atomic mass is 10.2. The van der Waals surface area contributed by atoms with Crippen molar-refractivity contribution in [3.63, 3.8) is 0 Å². The maximum Gasteiger partial charge on any atom is 0.228 e. The van der Waals surface area contributed by atoms with E-state index in [1.807, 2.05) is 6.07 Å². The van der Waals surface area contributed by atoms with Gasteiger partial charge in [-0.2, -0.15) is 14.0 Å². The minimum atomic E-state index is 0.291. The molecule has 2 aromatic heterocycles. The van der Waals surface area contributed by atoms with Crippen LogP contribution in [0.25, 0.3) is 11.0 Å². The first kappa shape index (κ1) is 12.7. The summed E-state index contributed by atoms with van der Waals surface area (Å²) in [5.74, 6) is 0.309. The quantitative estimate of drug-likeness (QED) is 0.782. The topological polar surface area (TPSA) is 87.4 Å². The minimum absolute atomic E-state index is 0.291. The molecule has 98 valence electrons.